The molecule has 4 atom stereocenters. The highest BCUT2D eigenvalue weighted by molar-refractivity contribution is 6.62. The minimum atomic E-state index is -0.341. The van der Waals surface area contributed by atoms with Crippen LogP contribution < -0.4 is 5.46 Å². The molecule has 0 radical (unpaired) electrons. The Kier molecular flexibility index (Phi) is 3.71. The second-order valence-corrected chi connectivity index (χ2v) is 9.45. The smallest absolute Gasteiger partial charge is 0.401 e. The van der Waals surface area contributed by atoms with Gasteiger partial charge in [0.2, 0.25) is 0 Å². The molecule has 1 aliphatic heterocycles. The van der Waals surface area contributed by atoms with Crippen LogP contribution in [0.15, 0.2) is 54.6 Å². The average molecular weight is 360 g/mol. The van der Waals surface area contributed by atoms with Gasteiger partial charge in [0.25, 0.3) is 0 Å². The summed E-state index contributed by atoms with van der Waals surface area (Å²) in [6, 6.07) is 19.6. The predicted molar refractivity (Wildman–Crippen MR) is 110 cm³/mol. The summed E-state index contributed by atoms with van der Waals surface area (Å²) in [5.41, 5.74) is 3.76. The molecule has 3 fully saturated rings. The topological polar surface area (TPSA) is 18.5 Å². The van der Waals surface area contributed by atoms with Crippen LogP contribution in [0, 0.1) is 16.7 Å². The van der Waals surface area contributed by atoms with Gasteiger partial charge in [-0.3, -0.25) is 0 Å². The summed E-state index contributed by atoms with van der Waals surface area (Å²) in [4.78, 5) is 0. The third-order valence-corrected chi connectivity index (χ3v) is 8.23. The molecule has 1 heterocycles. The predicted octanol–water partition coefficient (Wildman–Crippen LogP) is 4.71. The van der Waals surface area contributed by atoms with Crippen molar-refractivity contribution in [2.75, 3.05) is 0 Å². The van der Waals surface area contributed by atoms with Crippen molar-refractivity contribution < 1.29 is 9.31 Å². The van der Waals surface area contributed by atoms with E-state index in [2.05, 4.69) is 82.3 Å². The van der Waals surface area contributed by atoms with Gasteiger partial charge in [-0.05, 0) is 47.2 Å². The third kappa shape index (κ3) is 2.10. The van der Waals surface area contributed by atoms with Crippen molar-refractivity contribution in [1.29, 1.82) is 0 Å². The van der Waals surface area contributed by atoms with Gasteiger partial charge >= 0.3 is 7.12 Å². The van der Waals surface area contributed by atoms with Crippen molar-refractivity contribution in [3.05, 3.63) is 65.7 Å². The molecule has 4 unspecified atom stereocenters. The molecule has 2 nitrogen and oxygen atoms in total. The van der Waals surface area contributed by atoms with Crippen molar-refractivity contribution in [1.82, 2.24) is 0 Å². The number of hydrogen-bond donors (Lipinski definition) is 0. The fourth-order valence-electron chi connectivity index (χ4n) is 6.30. The molecular weight excluding hydrogens is 331 g/mol. The van der Waals surface area contributed by atoms with Gasteiger partial charge in [0.15, 0.2) is 0 Å². The van der Waals surface area contributed by atoms with Crippen LogP contribution in [0.3, 0.4) is 0 Å². The molecule has 3 heteroatoms. The highest BCUT2D eigenvalue weighted by atomic mass is 16.7. The molecule has 27 heavy (non-hydrogen) atoms. The minimum Gasteiger partial charge on any atom is -0.401 e. The second kappa shape index (κ2) is 5.72. The maximum absolute atomic E-state index is 6.93. The van der Waals surface area contributed by atoms with Crippen LogP contribution in [-0.4, -0.2) is 13.2 Å². The molecule has 2 aromatic carbocycles. The Balaban J connectivity index is 1.61. The van der Waals surface area contributed by atoms with E-state index in [0.717, 1.165) is 11.9 Å². The van der Waals surface area contributed by atoms with E-state index in [1.165, 1.54) is 24.0 Å². The van der Waals surface area contributed by atoms with Gasteiger partial charge in [-0.1, -0.05) is 82.3 Å². The second-order valence-electron chi connectivity index (χ2n) is 9.45. The summed E-state index contributed by atoms with van der Waals surface area (Å²) in [6.07, 6.45) is 3.57. The van der Waals surface area contributed by atoms with E-state index < -0.39 is 0 Å². The minimum absolute atomic E-state index is 0.0944. The zero-order valence-corrected chi connectivity index (χ0v) is 16.9. The number of fused-ring (bicyclic) bond motifs is 5. The molecular formula is C24H29BO2. The summed E-state index contributed by atoms with van der Waals surface area (Å²) >= 11 is 0. The Labute approximate surface area is 163 Å². The molecule has 2 bridgehead atoms. The quantitative estimate of drug-likeness (QED) is 0.738. The normalized spacial score (nSPS) is 36.2. The largest absolute Gasteiger partial charge is 0.494 e. The average Bonchev–Trinajstić information content (AvgIpc) is 3.25. The van der Waals surface area contributed by atoms with Gasteiger partial charge < -0.3 is 9.31 Å². The van der Waals surface area contributed by atoms with Crippen LogP contribution in [0.1, 0.15) is 51.7 Å². The highest BCUT2D eigenvalue weighted by Crippen LogP contribution is 2.75. The Morgan fingerprint density at radius 2 is 1.70 bits per heavy atom. The molecule has 140 valence electrons. The molecule has 3 aliphatic rings. The summed E-state index contributed by atoms with van der Waals surface area (Å²) in [6.45, 7) is 9.46. The lowest BCUT2D eigenvalue weighted by Gasteiger charge is -2.41. The SMILES string of the molecule is CCc1ccc(B2OC3C(c4ccccc4)(O2)C2CCC3(C)C2(C)C)cc1. The lowest BCUT2D eigenvalue weighted by molar-refractivity contribution is -0.0369. The monoisotopic (exact) mass is 360 g/mol. The number of rotatable bonds is 3. The first-order valence-electron chi connectivity index (χ1n) is 10.4. The molecule has 0 spiro atoms. The molecule has 2 aromatic rings. The van der Waals surface area contributed by atoms with E-state index in [4.69, 9.17) is 9.31 Å². The maximum Gasteiger partial charge on any atom is 0.494 e. The summed E-state index contributed by atoms with van der Waals surface area (Å²) < 4.78 is 13.7. The highest BCUT2D eigenvalue weighted by Gasteiger charge is 2.77. The zero-order valence-electron chi connectivity index (χ0n) is 16.9. The fraction of sp³-hybridized carbons (Fsp3) is 0.500. The van der Waals surface area contributed by atoms with Crippen molar-refractivity contribution >= 4 is 12.6 Å². The molecule has 1 saturated heterocycles. The summed E-state index contributed by atoms with van der Waals surface area (Å²) in [7, 11) is -0.280. The number of hydrogen-bond acceptors (Lipinski definition) is 2. The van der Waals surface area contributed by atoms with Crippen molar-refractivity contribution in [3.8, 4) is 0 Å². The van der Waals surface area contributed by atoms with E-state index in [-0.39, 0.29) is 29.7 Å². The van der Waals surface area contributed by atoms with Gasteiger partial charge in [0.1, 0.15) is 5.60 Å². The van der Waals surface area contributed by atoms with Gasteiger partial charge in [0.05, 0.1) is 6.10 Å². The standard InChI is InChI=1S/C24H29BO2/c1-5-17-11-13-19(14-12-17)25-26-21-23(4)16-15-20(22(23,2)3)24(21,27-25)18-9-7-6-8-10-18/h6-14,20-21H,5,15-16H2,1-4H3. The fourth-order valence-corrected chi connectivity index (χ4v) is 6.30. The molecule has 5 rings (SSSR count). The van der Waals surface area contributed by atoms with Crippen molar-refractivity contribution in [2.45, 2.75) is 58.7 Å². The Morgan fingerprint density at radius 3 is 2.37 bits per heavy atom. The van der Waals surface area contributed by atoms with Gasteiger partial charge in [0, 0.05) is 5.41 Å². The molecule has 2 aliphatic carbocycles. The van der Waals surface area contributed by atoms with E-state index in [1.807, 2.05) is 0 Å². The molecule has 0 amide bonds. The number of benzene rings is 2. The third-order valence-electron chi connectivity index (χ3n) is 8.23. The first-order valence-corrected chi connectivity index (χ1v) is 10.4. The van der Waals surface area contributed by atoms with E-state index in [0.29, 0.717) is 5.92 Å². The van der Waals surface area contributed by atoms with Crippen LogP contribution in [0.4, 0.5) is 0 Å². The lowest BCUT2D eigenvalue weighted by Crippen LogP contribution is -2.45. The van der Waals surface area contributed by atoms with Crippen LogP contribution >= 0.6 is 0 Å². The molecule has 0 N–H and O–H groups in total. The first kappa shape index (κ1) is 17.5. The van der Waals surface area contributed by atoms with E-state index in [1.54, 1.807) is 0 Å². The first-order chi connectivity index (χ1) is 12.9. The van der Waals surface area contributed by atoms with Gasteiger partial charge in [-0.2, -0.15) is 0 Å². The van der Waals surface area contributed by atoms with Crippen molar-refractivity contribution in [2.24, 2.45) is 16.7 Å². The number of aryl methyl sites for hydroxylation is 1. The van der Waals surface area contributed by atoms with Gasteiger partial charge in [-0.15, -0.1) is 0 Å². The molecule has 0 aromatic heterocycles. The lowest BCUT2D eigenvalue weighted by atomic mass is 9.69. The van der Waals surface area contributed by atoms with Crippen LogP contribution in [0.25, 0.3) is 0 Å². The van der Waals surface area contributed by atoms with Gasteiger partial charge in [-0.25, -0.2) is 0 Å². The molecule has 2 saturated carbocycles. The Morgan fingerprint density at radius 1 is 1.00 bits per heavy atom. The zero-order chi connectivity index (χ0) is 18.9. The van der Waals surface area contributed by atoms with Crippen molar-refractivity contribution in [3.63, 3.8) is 0 Å². The summed E-state index contributed by atoms with van der Waals surface area (Å²) in [5, 5.41) is 0. The summed E-state index contributed by atoms with van der Waals surface area (Å²) in [5.74, 6) is 0.474. The van der Waals surface area contributed by atoms with E-state index >= 15 is 0 Å². The maximum atomic E-state index is 6.93. The Bertz CT molecular complexity index is 846. The Hall–Kier alpha value is -1.58. The van der Waals surface area contributed by atoms with Crippen LogP contribution in [0.2, 0.25) is 0 Å². The van der Waals surface area contributed by atoms with E-state index in [9.17, 15) is 0 Å². The van der Waals surface area contributed by atoms with Crippen LogP contribution in [-0.2, 0) is 21.3 Å². The van der Waals surface area contributed by atoms with Crippen LogP contribution in [0.5, 0.6) is 0 Å².